The molecule has 4 aromatic rings. The number of anilines is 4. The number of benzene rings is 1. The minimum atomic E-state index is -0.376. The molecule has 0 bridgehead atoms. The molecule has 10 heteroatoms. The summed E-state index contributed by atoms with van der Waals surface area (Å²) in [7, 11) is 1.91. The molecule has 2 atom stereocenters. The highest BCUT2D eigenvalue weighted by Crippen LogP contribution is 2.52. The molecule has 1 aromatic carbocycles. The number of imidazole rings is 1. The van der Waals surface area contributed by atoms with Crippen LogP contribution in [0.1, 0.15) is 38.4 Å². The summed E-state index contributed by atoms with van der Waals surface area (Å²) < 4.78 is 22.8. The van der Waals surface area contributed by atoms with Crippen LogP contribution in [-0.4, -0.2) is 49.8 Å². The fourth-order valence-electron chi connectivity index (χ4n) is 5.47. The van der Waals surface area contributed by atoms with Crippen molar-refractivity contribution in [2.45, 2.75) is 50.8 Å². The second-order valence-corrected chi connectivity index (χ2v) is 10.8. The maximum absolute atomic E-state index is 14.9. The lowest BCUT2D eigenvalue weighted by atomic mass is 9.73. The standard InChI is InChI=1S/C28H31FN8O/c1-27(2)13-23-28(3,16-38-27)20-15-32-26(34-18-8-9-22(21(29)12-18)36-11-10-31-17-36)35-25(20)37(23)24-7-5-6-19(33-24)14-30-4/h5-12,15,17,23,30H,13-14,16H2,1-4H3,(H,32,34,35)/t23-,28-/m1/s1. The van der Waals surface area contributed by atoms with E-state index in [9.17, 15) is 4.39 Å². The summed E-state index contributed by atoms with van der Waals surface area (Å²) in [5, 5.41) is 6.36. The van der Waals surface area contributed by atoms with Crippen LogP contribution in [0.4, 0.5) is 27.7 Å². The number of halogens is 1. The zero-order valence-corrected chi connectivity index (χ0v) is 21.9. The predicted octanol–water partition coefficient (Wildman–Crippen LogP) is 4.64. The first-order valence-corrected chi connectivity index (χ1v) is 12.7. The number of fused-ring (bicyclic) bond motifs is 3. The van der Waals surface area contributed by atoms with Crippen LogP contribution >= 0.6 is 0 Å². The normalized spacial score (nSPS) is 21.7. The molecule has 0 spiro atoms. The summed E-state index contributed by atoms with van der Waals surface area (Å²) in [6, 6.07) is 11.1. The number of hydrogen-bond acceptors (Lipinski definition) is 8. The Labute approximate surface area is 221 Å². The van der Waals surface area contributed by atoms with E-state index >= 15 is 0 Å². The second kappa shape index (κ2) is 9.14. The molecule has 0 radical (unpaired) electrons. The van der Waals surface area contributed by atoms with Crippen molar-refractivity contribution in [2.24, 2.45) is 0 Å². The van der Waals surface area contributed by atoms with Gasteiger partial charge in [-0.1, -0.05) is 13.0 Å². The maximum atomic E-state index is 14.9. The van der Waals surface area contributed by atoms with Gasteiger partial charge in [0.05, 0.1) is 36.0 Å². The quantitative estimate of drug-likeness (QED) is 0.385. The van der Waals surface area contributed by atoms with Gasteiger partial charge in [0.2, 0.25) is 5.95 Å². The van der Waals surface area contributed by atoms with Crippen molar-refractivity contribution < 1.29 is 9.13 Å². The van der Waals surface area contributed by atoms with Crippen LogP contribution in [0.5, 0.6) is 0 Å². The molecule has 2 aliphatic heterocycles. The van der Waals surface area contributed by atoms with E-state index in [4.69, 9.17) is 14.7 Å². The topological polar surface area (TPSA) is 93.0 Å². The van der Waals surface area contributed by atoms with Crippen molar-refractivity contribution in [1.82, 2.24) is 29.8 Å². The molecular formula is C28H31FN8O. The van der Waals surface area contributed by atoms with Crippen molar-refractivity contribution in [3.63, 3.8) is 0 Å². The van der Waals surface area contributed by atoms with Crippen LogP contribution in [0.15, 0.2) is 61.3 Å². The third-order valence-electron chi connectivity index (χ3n) is 7.49. The van der Waals surface area contributed by atoms with E-state index in [1.165, 1.54) is 6.07 Å². The molecule has 1 saturated heterocycles. The summed E-state index contributed by atoms with van der Waals surface area (Å²) in [4.78, 5) is 20.8. The van der Waals surface area contributed by atoms with Crippen molar-refractivity contribution in [3.05, 3.63) is 78.4 Å². The molecule has 0 amide bonds. The monoisotopic (exact) mass is 514 g/mol. The Morgan fingerprint density at radius 3 is 2.79 bits per heavy atom. The van der Waals surface area contributed by atoms with Gasteiger partial charge < -0.3 is 24.8 Å². The third kappa shape index (κ3) is 4.19. The van der Waals surface area contributed by atoms with Gasteiger partial charge in [0.1, 0.15) is 17.5 Å². The molecule has 6 rings (SSSR count). The van der Waals surface area contributed by atoms with Gasteiger partial charge in [-0.3, -0.25) is 0 Å². The molecule has 0 aliphatic carbocycles. The lowest BCUT2D eigenvalue weighted by molar-refractivity contribution is -0.0893. The van der Waals surface area contributed by atoms with Crippen molar-refractivity contribution in [2.75, 3.05) is 23.9 Å². The Bertz CT molecular complexity index is 1470. The maximum Gasteiger partial charge on any atom is 0.229 e. The number of nitrogens with one attached hydrogen (secondary N) is 2. The highest BCUT2D eigenvalue weighted by atomic mass is 19.1. The number of ether oxygens (including phenoxy) is 1. The van der Waals surface area contributed by atoms with Crippen LogP contribution in [-0.2, 0) is 16.7 Å². The lowest BCUT2D eigenvalue weighted by Crippen LogP contribution is -2.54. The van der Waals surface area contributed by atoms with Gasteiger partial charge in [-0.05, 0) is 57.6 Å². The molecule has 9 nitrogen and oxygen atoms in total. The van der Waals surface area contributed by atoms with E-state index < -0.39 is 0 Å². The van der Waals surface area contributed by atoms with Crippen molar-refractivity contribution in [3.8, 4) is 5.69 Å². The van der Waals surface area contributed by atoms with Gasteiger partial charge >= 0.3 is 0 Å². The first kappa shape index (κ1) is 24.4. The average molecular weight is 515 g/mol. The van der Waals surface area contributed by atoms with Gasteiger partial charge in [0.25, 0.3) is 0 Å². The molecule has 0 saturated carbocycles. The highest BCUT2D eigenvalue weighted by Gasteiger charge is 2.55. The molecule has 5 heterocycles. The van der Waals surface area contributed by atoms with E-state index in [1.807, 2.05) is 31.4 Å². The van der Waals surface area contributed by atoms with E-state index in [0.29, 0.717) is 30.5 Å². The van der Waals surface area contributed by atoms with Crippen molar-refractivity contribution >= 4 is 23.3 Å². The molecular weight excluding hydrogens is 483 g/mol. The van der Waals surface area contributed by atoms with Crippen LogP contribution in [0.2, 0.25) is 0 Å². The molecule has 0 unspecified atom stereocenters. The Morgan fingerprint density at radius 2 is 2.03 bits per heavy atom. The summed E-state index contributed by atoms with van der Waals surface area (Å²) in [6.45, 7) is 7.69. The molecule has 38 heavy (non-hydrogen) atoms. The van der Waals surface area contributed by atoms with Crippen LogP contribution in [0, 0.1) is 5.82 Å². The summed E-state index contributed by atoms with van der Waals surface area (Å²) >= 11 is 0. The minimum Gasteiger partial charge on any atom is -0.374 e. The second-order valence-electron chi connectivity index (χ2n) is 10.8. The summed E-state index contributed by atoms with van der Waals surface area (Å²) in [5.74, 6) is 1.64. The average Bonchev–Trinajstić information content (AvgIpc) is 3.49. The van der Waals surface area contributed by atoms with Gasteiger partial charge in [-0.25, -0.2) is 19.3 Å². The number of aromatic nitrogens is 5. The number of hydrogen-bond donors (Lipinski definition) is 2. The number of nitrogens with zero attached hydrogens (tertiary/aromatic N) is 6. The van der Waals surface area contributed by atoms with Gasteiger partial charge in [0.15, 0.2) is 0 Å². The fourth-order valence-corrected chi connectivity index (χ4v) is 5.47. The summed E-state index contributed by atoms with van der Waals surface area (Å²) in [6.07, 6.45) is 7.56. The van der Waals surface area contributed by atoms with Crippen molar-refractivity contribution in [1.29, 1.82) is 0 Å². The molecule has 1 fully saturated rings. The van der Waals surface area contributed by atoms with E-state index in [-0.39, 0.29) is 22.9 Å². The zero-order chi connectivity index (χ0) is 26.5. The Morgan fingerprint density at radius 1 is 1.16 bits per heavy atom. The molecule has 196 valence electrons. The number of pyridine rings is 1. The SMILES string of the molecule is CNCc1cccc(N2c3nc(Nc4ccc(-n5ccnc5)c(F)c4)ncc3[C@@]3(C)COC(C)(C)C[C@@H]23)n1. The largest absolute Gasteiger partial charge is 0.374 e. The molecule has 2 N–H and O–H groups in total. The van der Waals surface area contributed by atoms with Crippen LogP contribution < -0.4 is 15.5 Å². The first-order chi connectivity index (χ1) is 18.3. The molecule has 3 aromatic heterocycles. The lowest BCUT2D eigenvalue weighted by Gasteiger charge is -2.46. The fraction of sp³-hybridized carbons (Fsp3) is 0.357. The van der Waals surface area contributed by atoms with Crippen LogP contribution in [0.3, 0.4) is 0 Å². The number of rotatable bonds is 6. The van der Waals surface area contributed by atoms with E-state index in [0.717, 1.165) is 29.3 Å². The van der Waals surface area contributed by atoms with E-state index in [1.54, 1.807) is 35.4 Å². The smallest absolute Gasteiger partial charge is 0.229 e. The molecule has 2 aliphatic rings. The van der Waals surface area contributed by atoms with E-state index in [2.05, 4.69) is 46.3 Å². The predicted molar refractivity (Wildman–Crippen MR) is 144 cm³/mol. The summed E-state index contributed by atoms with van der Waals surface area (Å²) in [5.41, 5.74) is 2.36. The first-order valence-electron chi connectivity index (χ1n) is 12.7. The highest BCUT2D eigenvalue weighted by molar-refractivity contribution is 5.71. The Hall–Kier alpha value is -3.89. The van der Waals surface area contributed by atoms with Gasteiger partial charge in [-0.2, -0.15) is 4.98 Å². The Balaban J connectivity index is 1.39. The van der Waals surface area contributed by atoms with Gasteiger partial charge in [0, 0.05) is 41.8 Å². The minimum absolute atomic E-state index is 0.0926. The Kier molecular flexibility index (Phi) is 5.88. The third-order valence-corrected chi connectivity index (χ3v) is 7.49. The van der Waals surface area contributed by atoms with Gasteiger partial charge in [-0.15, -0.1) is 0 Å². The van der Waals surface area contributed by atoms with Crippen LogP contribution in [0.25, 0.3) is 5.69 Å². The zero-order valence-electron chi connectivity index (χ0n) is 21.9.